The van der Waals surface area contributed by atoms with Gasteiger partial charge in [0.25, 0.3) is 5.56 Å². The van der Waals surface area contributed by atoms with Crippen LogP contribution in [0.2, 0.25) is 0 Å². The first-order chi connectivity index (χ1) is 26.6. The molecule has 0 saturated heterocycles. The summed E-state index contributed by atoms with van der Waals surface area (Å²) < 4.78 is 3.79. The van der Waals surface area contributed by atoms with E-state index in [1.807, 2.05) is 63.8 Å². The maximum absolute atomic E-state index is 14.3. The molecule has 2 aromatic heterocycles. The monoisotopic (exact) mass is 704 g/mol. The minimum absolute atomic E-state index is 0.0652. The van der Waals surface area contributed by atoms with E-state index in [9.17, 15) is 4.79 Å². The van der Waals surface area contributed by atoms with Gasteiger partial charge in [-0.05, 0) is 74.0 Å². The molecule has 2 heterocycles. The van der Waals surface area contributed by atoms with E-state index in [0.717, 1.165) is 63.2 Å². The van der Waals surface area contributed by atoms with Crippen molar-refractivity contribution >= 4 is 17.0 Å². The Hall–Kier alpha value is -6.73. The van der Waals surface area contributed by atoms with Crippen LogP contribution in [0.5, 0.6) is 0 Å². The van der Waals surface area contributed by atoms with Gasteiger partial charge in [-0.15, -0.1) is 5.10 Å². The van der Waals surface area contributed by atoms with Crippen molar-refractivity contribution in [1.29, 1.82) is 0 Å². The van der Waals surface area contributed by atoms with E-state index < -0.39 is 5.54 Å². The summed E-state index contributed by atoms with van der Waals surface area (Å²) in [7, 11) is 0. The lowest BCUT2D eigenvalue weighted by molar-refractivity contribution is 0.451. The van der Waals surface area contributed by atoms with Crippen LogP contribution in [0.3, 0.4) is 0 Å². The SMILES string of the molecule is C=Cc1ccc2nc(CCCC)n(Cc3ccc(-c4ccccc4)c(-c4nnnn4C(c4ccccc4)(c4ccccc4)c4ccccc4)c3)c(=O)c2c1. The second-order valence-electron chi connectivity index (χ2n) is 13.5. The fraction of sp³-hybridized carbons (Fsp3) is 0.128. The van der Waals surface area contributed by atoms with Gasteiger partial charge in [-0.1, -0.05) is 166 Å². The topological polar surface area (TPSA) is 78.5 Å². The zero-order valence-electron chi connectivity index (χ0n) is 30.2. The molecule has 0 aliphatic carbocycles. The smallest absolute Gasteiger partial charge is 0.261 e. The Kier molecular flexibility index (Phi) is 9.60. The van der Waals surface area contributed by atoms with Crippen LogP contribution in [0, 0.1) is 0 Å². The number of nitrogens with zero attached hydrogens (tertiary/aromatic N) is 6. The summed E-state index contributed by atoms with van der Waals surface area (Å²) in [5, 5.41) is 14.6. The number of aromatic nitrogens is 6. The molecule has 54 heavy (non-hydrogen) atoms. The lowest BCUT2D eigenvalue weighted by Gasteiger charge is -2.36. The van der Waals surface area contributed by atoms with Crippen molar-refractivity contribution in [2.24, 2.45) is 0 Å². The van der Waals surface area contributed by atoms with Gasteiger partial charge in [-0.3, -0.25) is 9.36 Å². The fourth-order valence-electron chi connectivity index (χ4n) is 7.51. The third-order valence-corrected chi connectivity index (χ3v) is 10.2. The normalized spacial score (nSPS) is 11.5. The van der Waals surface area contributed by atoms with E-state index in [-0.39, 0.29) is 5.56 Å². The van der Waals surface area contributed by atoms with Crippen LogP contribution in [0.15, 0.2) is 169 Å². The van der Waals surface area contributed by atoms with Crippen molar-refractivity contribution in [3.8, 4) is 22.5 Å². The number of hydrogen-bond acceptors (Lipinski definition) is 5. The molecule has 0 aliphatic heterocycles. The van der Waals surface area contributed by atoms with Crippen molar-refractivity contribution in [1.82, 2.24) is 29.8 Å². The summed E-state index contributed by atoms with van der Waals surface area (Å²) in [5.41, 5.74) is 7.43. The number of fused-ring (bicyclic) bond motifs is 1. The summed E-state index contributed by atoms with van der Waals surface area (Å²) in [6.07, 6.45) is 4.38. The maximum Gasteiger partial charge on any atom is 0.261 e. The van der Waals surface area contributed by atoms with E-state index in [0.29, 0.717) is 29.7 Å². The molecule has 0 amide bonds. The number of rotatable bonds is 12. The molecule has 0 N–H and O–H groups in total. The Morgan fingerprint density at radius 2 is 1.31 bits per heavy atom. The first-order valence-electron chi connectivity index (χ1n) is 18.4. The van der Waals surface area contributed by atoms with Crippen LogP contribution in [0.25, 0.3) is 39.5 Å². The van der Waals surface area contributed by atoms with Crippen molar-refractivity contribution in [3.05, 3.63) is 208 Å². The van der Waals surface area contributed by atoms with E-state index in [1.54, 1.807) is 6.08 Å². The molecule has 0 atom stereocenters. The predicted octanol–water partition coefficient (Wildman–Crippen LogP) is 9.59. The van der Waals surface area contributed by atoms with Crippen LogP contribution >= 0.6 is 0 Å². The lowest BCUT2D eigenvalue weighted by Crippen LogP contribution is -2.39. The molecule has 8 rings (SSSR count). The summed E-state index contributed by atoms with van der Waals surface area (Å²) >= 11 is 0. The van der Waals surface area contributed by atoms with Crippen LogP contribution in [-0.4, -0.2) is 29.8 Å². The third kappa shape index (κ3) is 6.24. The second kappa shape index (κ2) is 15.1. The van der Waals surface area contributed by atoms with Crippen molar-refractivity contribution in [3.63, 3.8) is 0 Å². The van der Waals surface area contributed by atoms with Gasteiger partial charge in [0.15, 0.2) is 5.82 Å². The van der Waals surface area contributed by atoms with Crippen LogP contribution in [0.4, 0.5) is 0 Å². The Bertz CT molecular complexity index is 2500. The fourth-order valence-corrected chi connectivity index (χ4v) is 7.51. The first kappa shape index (κ1) is 34.4. The molecule has 264 valence electrons. The lowest BCUT2D eigenvalue weighted by atomic mass is 9.77. The molecule has 7 heteroatoms. The van der Waals surface area contributed by atoms with Gasteiger partial charge in [-0.2, -0.15) is 0 Å². The van der Waals surface area contributed by atoms with Gasteiger partial charge in [0.05, 0.1) is 17.4 Å². The van der Waals surface area contributed by atoms with Gasteiger partial charge < -0.3 is 0 Å². The van der Waals surface area contributed by atoms with Crippen molar-refractivity contribution < 1.29 is 0 Å². The largest absolute Gasteiger partial charge is 0.292 e. The Labute approximate surface area is 314 Å². The van der Waals surface area contributed by atoms with Crippen LogP contribution < -0.4 is 5.56 Å². The van der Waals surface area contributed by atoms with Crippen LogP contribution in [-0.2, 0) is 18.5 Å². The Morgan fingerprint density at radius 1 is 0.704 bits per heavy atom. The quantitative estimate of drug-likeness (QED) is 0.118. The van der Waals surface area contributed by atoms with E-state index in [4.69, 9.17) is 15.3 Å². The van der Waals surface area contributed by atoms with Gasteiger partial charge in [0, 0.05) is 12.0 Å². The number of hydrogen-bond donors (Lipinski definition) is 0. The summed E-state index contributed by atoms with van der Waals surface area (Å²) in [4.78, 5) is 19.3. The first-order valence-corrected chi connectivity index (χ1v) is 18.4. The zero-order chi connectivity index (χ0) is 36.9. The Balaban J connectivity index is 1.37. The number of aryl methyl sites for hydroxylation is 1. The molecule has 0 aliphatic rings. The molecule has 8 aromatic rings. The molecule has 6 aromatic carbocycles. The highest BCUT2D eigenvalue weighted by Gasteiger charge is 2.42. The molecule has 0 radical (unpaired) electrons. The highest BCUT2D eigenvalue weighted by atomic mass is 16.1. The average molecular weight is 705 g/mol. The molecule has 7 nitrogen and oxygen atoms in total. The minimum Gasteiger partial charge on any atom is -0.292 e. The molecular weight excluding hydrogens is 665 g/mol. The summed E-state index contributed by atoms with van der Waals surface area (Å²) in [6.45, 7) is 6.41. The maximum atomic E-state index is 14.3. The molecule has 0 bridgehead atoms. The van der Waals surface area contributed by atoms with Gasteiger partial charge in [0.1, 0.15) is 11.4 Å². The number of unbranched alkanes of at least 4 members (excludes halogenated alkanes) is 1. The second-order valence-corrected chi connectivity index (χ2v) is 13.5. The van der Waals surface area contributed by atoms with Gasteiger partial charge >= 0.3 is 0 Å². The van der Waals surface area contributed by atoms with Gasteiger partial charge in [-0.25, -0.2) is 9.67 Å². The van der Waals surface area contributed by atoms with E-state index in [2.05, 4.69) is 122 Å². The van der Waals surface area contributed by atoms with Crippen LogP contribution in [0.1, 0.15) is 53.4 Å². The van der Waals surface area contributed by atoms with Gasteiger partial charge in [0.2, 0.25) is 0 Å². The molecule has 0 saturated carbocycles. The third-order valence-electron chi connectivity index (χ3n) is 10.2. The standard InChI is InChI=1S/C47H40N6O/c1-3-5-26-44-48-43-30-28-34(4-2)31-42(43)46(54)52(44)33-35-27-29-40(36-18-10-6-11-19-36)41(32-35)45-49-50-51-53(45)47(37-20-12-7-13-21-37,38-22-14-8-15-23-38)39-24-16-9-17-25-39/h4,6-25,27-32H,2-3,5,26,33H2,1H3. The molecule has 0 fully saturated rings. The van der Waals surface area contributed by atoms with E-state index in [1.165, 1.54) is 0 Å². The molecule has 0 unspecified atom stereocenters. The Morgan fingerprint density at radius 3 is 1.91 bits per heavy atom. The molecular formula is C47H40N6O. The summed E-state index contributed by atoms with van der Waals surface area (Å²) in [6, 6.07) is 53.6. The van der Waals surface area contributed by atoms with Crippen molar-refractivity contribution in [2.45, 2.75) is 38.3 Å². The molecule has 0 spiro atoms. The summed E-state index contributed by atoms with van der Waals surface area (Å²) in [5.74, 6) is 1.37. The van der Waals surface area contributed by atoms with Crippen molar-refractivity contribution in [2.75, 3.05) is 0 Å². The van der Waals surface area contributed by atoms with E-state index >= 15 is 0 Å². The number of tetrazole rings is 1. The minimum atomic E-state index is -0.929. The average Bonchev–Trinajstić information content (AvgIpc) is 3.73. The zero-order valence-corrected chi connectivity index (χ0v) is 30.2. The predicted molar refractivity (Wildman–Crippen MR) is 217 cm³/mol. The number of benzene rings is 6. The highest BCUT2D eigenvalue weighted by Crippen LogP contribution is 2.43. The highest BCUT2D eigenvalue weighted by molar-refractivity contribution is 5.82.